The van der Waals surface area contributed by atoms with Gasteiger partial charge >= 0.3 is 19.8 Å². The van der Waals surface area contributed by atoms with Crippen LogP contribution in [0.4, 0.5) is 0 Å². The summed E-state index contributed by atoms with van der Waals surface area (Å²) < 4.78 is 32.6. The van der Waals surface area contributed by atoms with E-state index in [2.05, 4.69) is 38.2 Å². The zero-order valence-electron chi connectivity index (χ0n) is 29.3. The molecule has 0 aromatic carbocycles. The van der Waals surface area contributed by atoms with Gasteiger partial charge < -0.3 is 20.1 Å². The van der Waals surface area contributed by atoms with Crippen LogP contribution in [-0.4, -0.2) is 49.3 Å². The summed E-state index contributed by atoms with van der Waals surface area (Å²) in [7, 11) is -4.37. The van der Waals surface area contributed by atoms with Crippen LogP contribution in [-0.2, 0) is 32.7 Å². The lowest BCUT2D eigenvalue weighted by molar-refractivity contribution is -0.161. The minimum atomic E-state index is -4.37. The largest absolute Gasteiger partial charge is 0.472 e. The predicted molar refractivity (Wildman–Crippen MR) is 187 cm³/mol. The van der Waals surface area contributed by atoms with Crippen LogP contribution in [0.2, 0.25) is 0 Å². The Morgan fingerprint density at radius 1 is 0.652 bits per heavy atom. The first-order chi connectivity index (χ1) is 22.3. The first kappa shape index (κ1) is 44.5. The Balaban J connectivity index is 4.27. The Bertz CT molecular complexity index is 820. The Kier molecular flexibility index (Phi) is 32.3. The molecule has 0 aliphatic heterocycles. The Labute approximate surface area is 281 Å². The lowest BCUT2D eigenvalue weighted by Crippen LogP contribution is -2.29. The molecule has 0 aromatic heterocycles. The summed E-state index contributed by atoms with van der Waals surface area (Å²) in [5.41, 5.74) is 5.32. The number of phosphoric ester groups is 1. The second-order valence-electron chi connectivity index (χ2n) is 12.1. The molecule has 9 nitrogen and oxygen atoms in total. The molecule has 0 aromatic rings. The second-order valence-corrected chi connectivity index (χ2v) is 13.5. The van der Waals surface area contributed by atoms with Crippen LogP contribution >= 0.6 is 7.82 Å². The molecule has 0 radical (unpaired) electrons. The fraction of sp³-hybridized carbons (Fsp3) is 0.833. The topological polar surface area (TPSA) is 134 Å². The van der Waals surface area contributed by atoms with Crippen molar-refractivity contribution < 1.29 is 37.6 Å². The second kappa shape index (κ2) is 33.4. The number of ether oxygens (including phenoxy) is 2. The molecule has 46 heavy (non-hydrogen) atoms. The third-order valence-electron chi connectivity index (χ3n) is 7.59. The third kappa shape index (κ3) is 32.4. The number of allylic oxidation sites excluding steroid dienone is 4. The maximum absolute atomic E-state index is 12.5. The molecule has 10 heteroatoms. The quantitative estimate of drug-likeness (QED) is 0.0296. The molecule has 0 aliphatic rings. The highest BCUT2D eigenvalue weighted by atomic mass is 31.2. The summed E-state index contributed by atoms with van der Waals surface area (Å²) in [4.78, 5) is 34.6. The number of esters is 2. The molecule has 2 atom stereocenters. The Hall–Kier alpha value is -1.51. The normalized spacial score (nSPS) is 13.7. The van der Waals surface area contributed by atoms with Gasteiger partial charge in [-0.2, -0.15) is 0 Å². The highest BCUT2D eigenvalue weighted by Gasteiger charge is 2.25. The van der Waals surface area contributed by atoms with E-state index in [1.165, 1.54) is 70.6 Å². The third-order valence-corrected chi connectivity index (χ3v) is 8.57. The number of unbranched alkanes of at least 4 members (excludes halogenated alkanes) is 17. The molecule has 0 bridgehead atoms. The number of phosphoric acid groups is 1. The van der Waals surface area contributed by atoms with E-state index in [1.54, 1.807) is 0 Å². The summed E-state index contributed by atoms with van der Waals surface area (Å²) in [6.07, 6.45) is 32.1. The van der Waals surface area contributed by atoms with Crippen molar-refractivity contribution in [3.63, 3.8) is 0 Å². The predicted octanol–water partition coefficient (Wildman–Crippen LogP) is 9.66. The molecule has 0 fully saturated rings. The number of nitrogens with two attached hydrogens (primary N) is 1. The molecule has 0 saturated carbocycles. The van der Waals surface area contributed by atoms with E-state index < -0.39 is 26.5 Å². The minimum Gasteiger partial charge on any atom is -0.462 e. The fourth-order valence-corrected chi connectivity index (χ4v) is 5.60. The number of carbonyl (C=O) groups excluding carboxylic acids is 2. The van der Waals surface area contributed by atoms with Gasteiger partial charge in [0.25, 0.3) is 0 Å². The lowest BCUT2D eigenvalue weighted by atomic mass is 10.1. The van der Waals surface area contributed by atoms with Crippen LogP contribution in [0.25, 0.3) is 0 Å². The van der Waals surface area contributed by atoms with Gasteiger partial charge in [-0.05, 0) is 44.9 Å². The van der Waals surface area contributed by atoms with Gasteiger partial charge in [0.05, 0.1) is 13.2 Å². The van der Waals surface area contributed by atoms with Crippen molar-refractivity contribution >= 4 is 19.8 Å². The van der Waals surface area contributed by atoms with Gasteiger partial charge in [0.2, 0.25) is 0 Å². The van der Waals surface area contributed by atoms with Crippen molar-refractivity contribution in [3.8, 4) is 0 Å². The number of hydrogen-bond donors (Lipinski definition) is 2. The summed E-state index contributed by atoms with van der Waals surface area (Å²) in [6, 6.07) is 0. The van der Waals surface area contributed by atoms with Gasteiger partial charge in [-0.1, -0.05) is 128 Å². The lowest BCUT2D eigenvalue weighted by Gasteiger charge is -2.19. The van der Waals surface area contributed by atoms with Crippen molar-refractivity contribution in [1.82, 2.24) is 0 Å². The highest BCUT2D eigenvalue weighted by Crippen LogP contribution is 2.43. The van der Waals surface area contributed by atoms with Crippen LogP contribution in [0.3, 0.4) is 0 Å². The van der Waals surface area contributed by atoms with E-state index in [0.29, 0.717) is 6.42 Å². The van der Waals surface area contributed by atoms with Gasteiger partial charge in [0.1, 0.15) is 6.61 Å². The molecule has 0 spiro atoms. The van der Waals surface area contributed by atoms with Gasteiger partial charge in [-0.25, -0.2) is 4.57 Å². The maximum atomic E-state index is 12.5. The molecule has 0 heterocycles. The van der Waals surface area contributed by atoms with Crippen molar-refractivity contribution in [3.05, 3.63) is 24.3 Å². The smallest absolute Gasteiger partial charge is 0.462 e. The number of hydrogen-bond acceptors (Lipinski definition) is 8. The highest BCUT2D eigenvalue weighted by molar-refractivity contribution is 7.47. The Morgan fingerprint density at radius 2 is 1.13 bits per heavy atom. The fourth-order valence-electron chi connectivity index (χ4n) is 4.84. The van der Waals surface area contributed by atoms with Crippen LogP contribution in [0, 0.1) is 0 Å². The van der Waals surface area contributed by atoms with Gasteiger partial charge in [0.15, 0.2) is 6.10 Å². The van der Waals surface area contributed by atoms with E-state index in [9.17, 15) is 19.0 Å². The van der Waals surface area contributed by atoms with Crippen LogP contribution in [0.5, 0.6) is 0 Å². The van der Waals surface area contributed by atoms with Crippen molar-refractivity contribution in [2.75, 3.05) is 26.4 Å². The van der Waals surface area contributed by atoms with Crippen molar-refractivity contribution in [2.24, 2.45) is 5.73 Å². The average Bonchev–Trinajstić information content (AvgIpc) is 3.04. The zero-order valence-corrected chi connectivity index (χ0v) is 30.2. The van der Waals surface area contributed by atoms with Gasteiger partial charge in [0, 0.05) is 19.4 Å². The van der Waals surface area contributed by atoms with E-state index in [4.69, 9.17) is 24.3 Å². The number of carbonyl (C=O) groups is 2. The monoisotopic (exact) mass is 673 g/mol. The Morgan fingerprint density at radius 3 is 1.70 bits per heavy atom. The van der Waals surface area contributed by atoms with Gasteiger partial charge in [-0.15, -0.1) is 0 Å². The molecule has 3 N–H and O–H groups in total. The van der Waals surface area contributed by atoms with Crippen molar-refractivity contribution in [1.29, 1.82) is 0 Å². The summed E-state index contributed by atoms with van der Waals surface area (Å²) in [5.74, 6) is -0.846. The molecule has 0 aliphatic carbocycles. The molecular weight excluding hydrogens is 605 g/mol. The average molecular weight is 674 g/mol. The minimum absolute atomic E-state index is 0.0520. The summed E-state index contributed by atoms with van der Waals surface area (Å²) in [6.45, 7) is 3.66. The van der Waals surface area contributed by atoms with Crippen LogP contribution in [0.15, 0.2) is 24.3 Å². The summed E-state index contributed by atoms with van der Waals surface area (Å²) in [5, 5.41) is 0. The van der Waals surface area contributed by atoms with E-state index >= 15 is 0 Å². The van der Waals surface area contributed by atoms with Gasteiger partial charge in [-0.3, -0.25) is 18.6 Å². The van der Waals surface area contributed by atoms with Crippen molar-refractivity contribution in [2.45, 2.75) is 168 Å². The SMILES string of the molecule is CCCCC/C=C\C/C=C\CCCCCCCC(=O)OC(COC(=O)CCCCCCCCCCCC)COP(=O)(O)OCCN. The molecule has 0 amide bonds. The summed E-state index contributed by atoms with van der Waals surface area (Å²) >= 11 is 0. The van der Waals surface area contributed by atoms with Crippen LogP contribution < -0.4 is 5.73 Å². The molecule has 0 saturated heterocycles. The molecule has 0 rings (SSSR count). The standard InChI is InChI=1S/C36H68NO8P/c1-3-5-7-9-11-13-15-16-17-18-19-21-23-25-27-29-36(39)45-34(33-44-46(40,41)43-31-30-37)32-42-35(38)28-26-24-22-20-14-12-10-8-6-4-2/h11,13,16-17,34H,3-10,12,14-15,18-33,37H2,1-2H3,(H,40,41)/b13-11-,17-16-. The maximum Gasteiger partial charge on any atom is 0.472 e. The first-order valence-electron chi connectivity index (χ1n) is 18.3. The molecule has 270 valence electrons. The van der Waals surface area contributed by atoms with E-state index in [0.717, 1.165) is 57.8 Å². The molecule has 2 unspecified atom stereocenters. The van der Waals surface area contributed by atoms with Crippen LogP contribution in [0.1, 0.15) is 162 Å². The molecular formula is C36H68NO8P. The van der Waals surface area contributed by atoms with E-state index in [-0.39, 0.29) is 38.6 Å². The first-order valence-corrected chi connectivity index (χ1v) is 19.8. The zero-order chi connectivity index (χ0) is 34.0. The number of rotatable bonds is 34. The van der Waals surface area contributed by atoms with E-state index in [1.807, 2.05) is 0 Å².